The third-order valence-corrected chi connectivity index (χ3v) is 21.4. The van der Waals surface area contributed by atoms with Crippen LogP contribution in [0.15, 0.2) is 0 Å². The Labute approximate surface area is 619 Å². The van der Waals surface area contributed by atoms with Gasteiger partial charge in [0.05, 0.1) is 26.4 Å². The minimum atomic E-state index is -4.96. The SMILES string of the molecule is CCCCCCCCCCCCCCCCCC(=O)O[C@H](COC(=O)CCCCCCCCC(C)C)COP(=O)(O)OC[C@H](O)COP(=O)(O)OC[C@@H](COC(=O)CCCCCCCCCCCCCCCCC(C)CC)OC(=O)CCCCCCCCCCCCCCCCCCC(C)C. The number of phosphoric ester groups is 2. The van der Waals surface area contributed by atoms with Gasteiger partial charge in [-0.2, -0.15) is 0 Å². The van der Waals surface area contributed by atoms with Crippen LogP contribution in [0.25, 0.3) is 0 Å². The van der Waals surface area contributed by atoms with E-state index < -0.39 is 97.5 Å². The molecule has 0 radical (unpaired) electrons. The molecule has 0 saturated heterocycles. The van der Waals surface area contributed by atoms with E-state index in [0.717, 1.165) is 108 Å². The van der Waals surface area contributed by atoms with Crippen LogP contribution in [0, 0.1) is 17.8 Å². The van der Waals surface area contributed by atoms with Crippen LogP contribution < -0.4 is 0 Å². The van der Waals surface area contributed by atoms with Gasteiger partial charge in [0, 0.05) is 25.7 Å². The van der Waals surface area contributed by atoms with Gasteiger partial charge in [0.1, 0.15) is 19.3 Å². The van der Waals surface area contributed by atoms with Gasteiger partial charge in [-0.3, -0.25) is 37.3 Å². The van der Waals surface area contributed by atoms with Crippen molar-refractivity contribution in [3.05, 3.63) is 0 Å². The minimum absolute atomic E-state index is 0.107. The Morgan fingerprint density at radius 1 is 0.287 bits per heavy atom. The minimum Gasteiger partial charge on any atom is -0.462 e. The van der Waals surface area contributed by atoms with Crippen LogP contribution in [0.2, 0.25) is 0 Å². The highest BCUT2D eigenvalue weighted by atomic mass is 31.2. The summed E-state index contributed by atoms with van der Waals surface area (Å²) in [5.41, 5.74) is 0. The van der Waals surface area contributed by atoms with E-state index in [0.29, 0.717) is 31.6 Å². The molecule has 6 atom stereocenters. The van der Waals surface area contributed by atoms with Crippen molar-refractivity contribution in [3.8, 4) is 0 Å². The molecular weight excluding hydrogens is 1320 g/mol. The number of unbranched alkanes of at least 4 members (excludes halogenated alkanes) is 47. The average molecular weight is 1480 g/mol. The second kappa shape index (κ2) is 72.3. The van der Waals surface area contributed by atoms with E-state index in [1.165, 1.54) is 231 Å². The van der Waals surface area contributed by atoms with Crippen LogP contribution in [0.1, 0.15) is 427 Å². The van der Waals surface area contributed by atoms with Crippen molar-refractivity contribution < 1.29 is 80.2 Å². The van der Waals surface area contributed by atoms with Crippen molar-refractivity contribution in [2.75, 3.05) is 39.6 Å². The third-order valence-electron chi connectivity index (χ3n) is 19.5. The first-order valence-electron chi connectivity index (χ1n) is 42.4. The number of ether oxygens (including phenoxy) is 4. The Hall–Kier alpha value is -1.94. The van der Waals surface area contributed by atoms with Gasteiger partial charge in [0.25, 0.3) is 0 Å². The highest BCUT2D eigenvalue weighted by molar-refractivity contribution is 7.47. The fraction of sp³-hybridized carbons (Fsp3) is 0.951. The lowest BCUT2D eigenvalue weighted by molar-refractivity contribution is -0.161. The number of aliphatic hydroxyl groups is 1. The second-order valence-corrected chi connectivity index (χ2v) is 33.6. The summed E-state index contributed by atoms with van der Waals surface area (Å²) in [6, 6.07) is 0. The van der Waals surface area contributed by atoms with E-state index in [2.05, 4.69) is 48.5 Å². The summed E-state index contributed by atoms with van der Waals surface area (Å²) in [5.74, 6) is 0.228. The van der Waals surface area contributed by atoms with Crippen molar-refractivity contribution in [1.29, 1.82) is 0 Å². The van der Waals surface area contributed by atoms with Gasteiger partial charge in [-0.05, 0) is 43.4 Å². The average Bonchev–Trinajstić information content (AvgIpc) is 1.00. The van der Waals surface area contributed by atoms with Gasteiger partial charge in [-0.1, -0.05) is 376 Å². The normalized spacial score (nSPS) is 14.2. The summed E-state index contributed by atoms with van der Waals surface area (Å²) >= 11 is 0. The molecule has 0 spiro atoms. The van der Waals surface area contributed by atoms with Crippen LogP contribution in [0.5, 0.6) is 0 Å². The maximum absolute atomic E-state index is 13.1. The van der Waals surface area contributed by atoms with Crippen molar-refractivity contribution >= 4 is 39.5 Å². The number of rotatable bonds is 80. The Kier molecular flexibility index (Phi) is 70.9. The van der Waals surface area contributed by atoms with Crippen LogP contribution in [0.4, 0.5) is 0 Å². The fourth-order valence-corrected chi connectivity index (χ4v) is 14.2. The molecule has 3 N–H and O–H groups in total. The number of hydrogen-bond donors (Lipinski definition) is 3. The smallest absolute Gasteiger partial charge is 0.462 e. The Balaban J connectivity index is 5.23. The number of aliphatic hydroxyl groups excluding tert-OH is 1. The zero-order valence-electron chi connectivity index (χ0n) is 66.4. The van der Waals surface area contributed by atoms with E-state index in [4.69, 9.17) is 37.0 Å². The number of esters is 4. The van der Waals surface area contributed by atoms with Crippen LogP contribution in [-0.2, 0) is 65.4 Å². The molecule has 0 bridgehead atoms. The van der Waals surface area contributed by atoms with Crippen molar-refractivity contribution in [2.24, 2.45) is 17.8 Å². The molecule has 17 nitrogen and oxygen atoms in total. The molecule has 3 unspecified atom stereocenters. The standard InChI is InChI=1S/C82H160O17P2/c1-8-10-11-12-13-14-15-16-19-27-32-37-42-51-58-66-82(87)99-78(70-93-80(85)64-57-50-45-44-47-54-61-74(5)6)72-97-101(90,91)95-68-76(83)67-94-100(88,89)96-71-77(69-92-79(84)63-56-49-41-36-31-26-23-22-25-30-35-40-48-55-62-75(7)9-2)98-81(86)65-59-52-43-38-33-28-21-18-17-20-24-29-34-39-46-53-60-73(3)4/h73-78,83H,8-72H2,1-7H3,(H,88,89)(H,90,91)/t75?,76-,77-,78-/m1/s1. The van der Waals surface area contributed by atoms with Gasteiger partial charge in [-0.25, -0.2) is 9.13 Å². The zero-order valence-corrected chi connectivity index (χ0v) is 68.2. The van der Waals surface area contributed by atoms with Crippen molar-refractivity contribution in [2.45, 2.75) is 446 Å². The van der Waals surface area contributed by atoms with Crippen molar-refractivity contribution in [3.63, 3.8) is 0 Å². The third kappa shape index (κ3) is 74.7. The van der Waals surface area contributed by atoms with Gasteiger partial charge in [0.2, 0.25) is 0 Å². The topological polar surface area (TPSA) is 237 Å². The first-order valence-corrected chi connectivity index (χ1v) is 45.4. The lowest BCUT2D eigenvalue weighted by Crippen LogP contribution is -2.30. The van der Waals surface area contributed by atoms with E-state index in [1.54, 1.807) is 0 Å². The van der Waals surface area contributed by atoms with Crippen LogP contribution in [-0.4, -0.2) is 96.7 Å². The van der Waals surface area contributed by atoms with E-state index >= 15 is 0 Å². The summed E-state index contributed by atoms with van der Waals surface area (Å²) in [5, 5.41) is 10.6. The zero-order chi connectivity index (χ0) is 74.4. The molecule has 0 aromatic carbocycles. The number of carbonyl (C=O) groups is 4. The quantitative estimate of drug-likeness (QED) is 0.0222. The number of carbonyl (C=O) groups excluding carboxylic acids is 4. The van der Waals surface area contributed by atoms with Crippen molar-refractivity contribution in [1.82, 2.24) is 0 Å². The summed E-state index contributed by atoms with van der Waals surface area (Å²) < 4.78 is 68.7. The van der Waals surface area contributed by atoms with Gasteiger partial charge < -0.3 is 33.8 Å². The highest BCUT2D eigenvalue weighted by Crippen LogP contribution is 2.45. The van der Waals surface area contributed by atoms with Gasteiger partial charge in [-0.15, -0.1) is 0 Å². The summed E-state index contributed by atoms with van der Waals surface area (Å²) in [7, 11) is -9.92. The summed E-state index contributed by atoms with van der Waals surface area (Å²) in [4.78, 5) is 73.0. The van der Waals surface area contributed by atoms with E-state index in [-0.39, 0.29) is 25.7 Å². The maximum atomic E-state index is 13.1. The second-order valence-electron chi connectivity index (χ2n) is 30.7. The van der Waals surface area contributed by atoms with Crippen LogP contribution >= 0.6 is 15.6 Å². The Morgan fingerprint density at radius 2 is 0.505 bits per heavy atom. The molecule has 0 amide bonds. The molecule has 0 aliphatic carbocycles. The molecule has 0 fully saturated rings. The number of hydrogen-bond acceptors (Lipinski definition) is 15. The molecule has 0 aliphatic heterocycles. The highest BCUT2D eigenvalue weighted by Gasteiger charge is 2.30. The van der Waals surface area contributed by atoms with Gasteiger partial charge in [0.15, 0.2) is 12.2 Å². The van der Waals surface area contributed by atoms with Crippen LogP contribution in [0.3, 0.4) is 0 Å². The predicted molar refractivity (Wildman–Crippen MR) is 414 cm³/mol. The molecule has 0 aromatic heterocycles. The Bertz CT molecular complexity index is 1960. The molecule has 0 saturated carbocycles. The fourth-order valence-electron chi connectivity index (χ4n) is 12.6. The van der Waals surface area contributed by atoms with E-state index in [1.807, 2.05) is 0 Å². The first-order chi connectivity index (χ1) is 48.8. The largest absolute Gasteiger partial charge is 0.472 e. The molecule has 0 aromatic rings. The summed E-state index contributed by atoms with van der Waals surface area (Å²) in [6.45, 7) is 12.0. The monoisotopic (exact) mass is 1480 g/mol. The molecule has 600 valence electrons. The molecule has 101 heavy (non-hydrogen) atoms. The molecule has 19 heteroatoms. The molecular formula is C82H160O17P2. The maximum Gasteiger partial charge on any atom is 0.472 e. The summed E-state index contributed by atoms with van der Waals surface area (Å²) in [6.07, 6.45) is 61.1. The first kappa shape index (κ1) is 99.1. The Morgan fingerprint density at radius 3 is 0.752 bits per heavy atom. The molecule has 0 aliphatic rings. The number of phosphoric acid groups is 2. The van der Waals surface area contributed by atoms with E-state index in [9.17, 15) is 43.2 Å². The van der Waals surface area contributed by atoms with Gasteiger partial charge >= 0.3 is 39.5 Å². The lowest BCUT2D eigenvalue weighted by atomic mass is 9.99. The predicted octanol–water partition coefficient (Wildman–Crippen LogP) is 24.5. The molecule has 0 rings (SSSR count). The lowest BCUT2D eigenvalue weighted by Gasteiger charge is -2.21. The molecule has 0 heterocycles.